The van der Waals surface area contributed by atoms with Gasteiger partial charge in [-0.15, -0.1) is 0 Å². The number of carbonyl (C=O) groups excluding carboxylic acids is 2. The standard InChI is InChI=1S/C23H19ClN4O3/c24-18-4-3-16(27-23(30)21-2-1-5-31-21)9-17(18)19-8-14-6-13(10-26-22(14)28-19)7-20(29)15-11-25-12-15/h1-6,9-10,15,25H,7-8,11-12H2,(H,27,30). The fourth-order valence-electron chi connectivity index (χ4n) is 3.67. The molecule has 1 fully saturated rings. The normalized spacial score (nSPS) is 15.2. The Balaban J connectivity index is 1.33. The molecule has 0 spiro atoms. The molecule has 1 aromatic carbocycles. The minimum absolute atomic E-state index is 0.109. The van der Waals surface area contributed by atoms with Gasteiger partial charge in [0.15, 0.2) is 11.6 Å². The summed E-state index contributed by atoms with van der Waals surface area (Å²) in [6, 6.07) is 10.5. The molecule has 156 valence electrons. The summed E-state index contributed by atoms with van der Waals surface area (Å²) in [7, 11) is 0. The minimum Gasteiger partial charge on any atom is -0.459 e. The number of furan rings is 1. The van der Waals surface area contributed by atoms with Crippen LogP contribution in [0.25, 0.3) is 0 Å². The van der Waals surface area contributed by atoms with Gasteiger partial charge in [0.1, 0.15) is 5.78 Å². The van der Waals surface area contributed by atoms with Crippen LogP contribution in [-0.2, 0) is 17.6 Å². The number of amides is 1. The molecular formula is C23H19ClN4O3. The fourth-order valence-corrected chi connectivity index (χ4v) is 3.90. The predicted molar refractivity (Wildman–Crippen MR) is 117 cm³/mol. The number of aliphatic imine (C=N–C) groups is 1. The Kier molecular flexibility index (Phi) is 5.13. The molecule has 0 aliphatic carbocycles. The number of pyridine rings is 1. The van der Waals surface area contributed by atoms with Gasteiger partial charge in [-0.3, -0.25) is 9.59 Å². The number of anilines is 1. The van der Waals surface area contributed by atoms with Crippen LogP contribution in [0.2, 0.25) is 5.02 Å². The van der Waals surface area contributed by atoms with Crippen LogP contribution in [0.5, 0.6) is 0 Å². The maximum Gasteiger partial charge on any atom is 0.291 e. The third-order valence-electron chi connectivity index (χ3n) is 5.49. The third kappa shape index (κ3) is 4.02. The summed E-state index contributed by atoms with van der Waals surface area (Å²) in [5.41, 5.74) is 3.96. The van der Waals surface area contributed by atoms with E-state index < -0.39 is 0 Å². The lowest BCUT2D eigenvalue weighted by Crippen LogP contribution is -2.47. The fraction of sp³-hybridized carbons (Fsp3) is 0.217. The van der Waals surface area contributed by atoms with Gasteiger partial charge in [-0.2, -0.15) is 0 Å². The molecule has 31 heavy (non-hydrogen) atoms. The van der Waals surface area contributed by atoms with Crippen molar-refractivity contribution in [3.05, 3.63) is 76.3 Å². The zero-order chi connectivity index (χ0) is 21.4. The topological polar surface area (TPSA) is 96.6 Å². The van der Waals surface area contributed by atoms with Gasteiger partial charge in [0.05, 0.1) is 12.0 Å². The van der Waals surface area contributed by atoms with Gasteiger partial charge in [0.2, 0.25) is 0 Å². The van der Waals surface area contributed by atoms with Crippen molar-refractivity contribution in [3.63, 3.8) is 0 Å². The molecule has 4 heterocycles. The lowest BCUT2D eigenvalue weighted by atomic mass is 9.93. The van der Waals surface area contributed by atoms with Crippen LogP contribution < -0.4 is 10.6 Å². The summed E-state index contributed by atoms with van der Waals surface area (Å²) < 4.78 is 5.13. The number of benzene rings is 1. The van der Waals surface area contributed by atoms with E-state index in [0.29, 0.717) is 29.4 Å². The number of fused-ring (bicyclic) bond motifs is 1. The van der Waals surface area contributed by atoms with Crippen LogP contribution in [0.4, 0.5) is 11.5 Å². The number of ketones is 1. The molecule has 1 saturated heterocycles. The van der Waals surface area contributed by atoms with E-state index in [1.54, 1.807) is 36.5 Å². The van der Waals surface area contributed by atoms with Gasteiger partial charge >= 0.3 is 0 Å². The zero-order valence-corrected chi connectivity index (χ0v) is 17.3. The van der Waals surface area contributed by atoms with Crippen molar-refractivity contribution >= 4 is 40.5 Å². The Bertz CT molecular complexity index is 1200. The van der Waals surface area contributed by atoms with Crippen LogP contribution in [0.15, 0.2) is 58.3 Å². The number of carbonyl (C=O) groups is 2. The lowest BCUT2D eigenvalue weighted by Gasteiger charge is -2.25. The summed E-state index contributed by atoms with van der Waals surface area (Å²) in [6.07, 6.45) is 4.11. The quantitative estimate of drug-likeness (QED) is 0.618. The molecule has 8 heteroatoms. The number of hydrogen-bond donors (Lipinski definition) is 2. The molecule has 2 aliphatic rings. The highest BCUT2D eigenvalue weighted by Crippen LogP contribution is 2.31. The first-order valence-corrected chi connectivity index (χ1v) is 10.4. The van der Waals surface area contributed by atoms with Gasteiger partial charge < -0.3 is 15.1 Å². The number of rotatable bonds is 6. The summed E-state index contributed by atoms with van der Waals surface area (Å²) in [5.74, 6) is 0.872. The Hall–Kier alpha value is -3.29. The Morgan fingerprint density at radius 1 is 1.23 bits per heavy atom. The highest BCUT2D eigenvalue weighted by atomic mass is 35.5. The average molecular weight is 435 g/mol. The van der Waals surface area contributed by atoms with Crippen molar-refractivity contribution in [2.75, 3.05) is 18.4 Å². The maximum absolute atomic E-state index is 12.3. The number of Topliss-reactive ketones (excluding diaryl/α,β-unsaturated/α-hetero) is 1. The largest absolute Gasteiger partial charge is 0.459 e. The van der Waals surface area contributed by atoms with Crippen molar-refractivity contribution < 1.29 is 14.0 Å². The lowest BCUT2D eigenvalue weighted by molar-refractivity contribution is -0.123. The minimum atomic E-state index is -0.340. The summed E-state index contributed by atoms with van der Waals surface area (Å²) in [5, 5.41) is 6.47. The van der Waals surface area contributed by atoms with Crippen LogP contribution in [0.1, 0.15) is 27.2 Å². The first-order valence-electron chi connectivity index (χ1n) is 10.0. The monoisotopic (exact) mass is 434 g/mol. The van der Waals surface area contributed by atoms with Gasteiger partial charge in [-0.1, -0.05) is 11.6 Å². The molecule has 3 aromatic rings. The van der Waals surface area contributed by atoms with Gasteiger partial charge in [0.25, 0.3) is 5.91 Å². The second kappa shape index (κ2) is 8.09. The molecule has 2 N–H and O–H groups in total. The van der Waals surface area contributed by atoms with Crippen molar-refractivity contribution in [1.82, 2.24) is 10.3 Å². The molecule has 1 amide bonds. The van der Waals surface area contributed by atoms with E-state index in [2.05, 4.69) is 20.6 Å². The van der Waals surface area contributed by atoms with Crippen molar-refractivity contribution in [2.45, 2.75) is 12.8 Å². The average Bonchev–Trinajstić information content (AvgIpc) is 3.37. The molecule has 0 unspecified atom stereocenters. The first kappa shape index (κ1) is 19.7. The van der Waals surface area contributed by atoms with Crippen LogP contribution in [-0.4, -0.2) is 35.5 Å². The number of nitrogens with zero attached hydrogens (tertiary/aromatic N) is 2. The number of halogens is 1. The summed E-state index contributed by atoms with van der Waals surface area (Å²) in [4.78, 5) is 33.6. The number of nitrogens with one attached hydrogen (secondary N) is 2. The van der Waals surface area contributed by atoms with Gasteiger partial charge in [-0.05, 0) is 42.0 Å². The van der Waals surface area contributed by atoms with Crippen LogP contribution in [0.3, 0.4) is 0 Å². The predicted octanol–water partition coefficient (Wildman–Crippen LogP) is 3.59. The molecule has 2 aliphatic heterocycles. The van der Waals surface area contributed by atoms with Crippen LogP contribution in [0, 0.1) is 5.92 Å². The Morgan fingerprint density at radius 2 is 2.10 bits per heavy atom. The number of hydrogen-bond acceptors (Lipinski definition) is 6. The highest BCUT2D eigenvalue weighted by molar-refractivity contribution is 6.34. The number of aromatic nitrogens is 1. The van der Waals surface area contributed by atoms with E-state index in [-0.39, 0.29) is 23.4 Å². The molecular weight excluding hydrogens is 416 g/mol. The van der Waals surface area contributed by atoms with E-state index in [9.17, 15) is 9.59 Å². The molecule has 0 radical (unpaired) electrons. The Morgan fingerprint density at radius 3 is 2.84 bits per heavy atom. The molecule has 0 atom stereocenters. The van der Waals surface area contributed by atoms with E-state index in [1.807, 2.05) is 6.07 Å². The van der Waals surface area contributed by atoms with Gasteiger partial charge in [0, 0.05) is 59.9 Å². The molecule has 7 nitrogen and oxygen atoms in total. The zero-order valence-electron chi connectivity index (χ0n) is 16.5. The maximum atomic E-state index is 12.3. The Labute approximate surface area is 183 Å². The molecule has 2 aromatic heterocycles. The van der Waals surface area contributed by atoms with E-state index >= 15 is 0 Å². The molecule has 5 rings (SSSR count). The highest BCUT2D eigenvalue weighted by Gasteiger charge is 2.26. The van der Waals surface area contributed by atoms with Crippen LogP contribution >= 0.6 is 11.6 Å². The van der Waals surface area contributed by atoms with Crippen molar-refractivity contribution in [2.24, 2.45) is 10.9 Å². The van der Waals surface area contributed by atoms with Crippen molar-refractivity contribution in [1.29, 1.82) is 0 Å². The van der Waals surface area contributed by atoms with E-state index in [4.69, 9.17) is 16.0 Å². The van der Waals surface area contributed by atoms with E-state index in [1.165, 1.54) is 6.26 Å². The summed E-state index contributed by atoms with van der Waals surface area (Å²) in [6.45, 7) is 1.52. The molecule has 0 bridgehead atoms. The van der Waals surface area contributed by atoms with Crippen molar-refractivity contribution in [3.8, 4) is 0 Å². The smallest absolute Gasteiger partial charge is 0.291 e. The van der Waals surface area contributed by atoms with Gasteiger partial charge in [-0.25, -0.2) is 9.98 Å². The van der Waals surface area contributed by atoms with E-state index in [0.717, 1.165) is 35.5 Å². The summed E-state index contributed by atoms with van der Waals surface area (Å²) >= 11 is 6.43. The second-order valence-corrected chi connectivity index (χ2v) is 8.09. The second-order valence-electron chi connectivity index (χ2n) is 7.69. The third-order valence-corrected chi connectivity index (χ3v) is 5.82. The SMILES string of the molecule is O=C(Nc1ccc(Cl)c(C2=Nc3ncc(CC(=O)C4CNC4)cc3C2)c1)c1ccco1. The first-order chi connectivity index (χ1) is 15.1. The molecule has 0 saturated carbocycles.